The third-order valence-corrected chi connectivity index (χ3v) is 2.82. The molecule has 0 aromatic heterocycles. The fourth-order valence-electron chi connectivity index (χ4n) is 1.40. The van der Waals surface area contributed by atoms with E-state index >= 15 is 0 Å². The fraction of sp³-hybridized carbons (Fsp3) is 0.900. The van der Waals surface area contributed by atoms with Gasteiger partial charge in [-0.2, -0.15) is 0 Å². The normalized spacial score (nSPS) is 31.6. The number of thiocarbonyl (C=S) groups is 1. The molecule has 0 aromatic carbocycles. The van der Waals surface area contributed by atoms with Crippen LogP contribution >= 0.6 is 12.2 Å². The summed E-state index contributed by atoms with van der Waals surface area (Å²) in [4.78, 5) is 0. The van der Waals surface area contributed by atoms with Crippen LogP contribution in [0.3, 0.4) is 0 Å². The smallest absolute Gasteiger partial charge is 0.353 e. The van der Waals surface area contributed by atoms with Gasteiger partial charge in [0.15, 0.2) is 0 Å². The Balaban J connectivity index is 2.55. The molecule has 1 N–H and O–H groups in total. The first-order valence-corrected chi connectivity index (χ1v) is 5.30. The standard InChI is InChI=1S/C10H18O3S/c1-3-10(5-4-8(2)6-11)7-12-9(14)13-10/h8,11H,3-7H2,1-2H3/t8-,10+/m1/s1/i3D/t3-,8-,10+. The van der Waals surface area contributed by atoms with E-state index in [1.165, 1.54) is 0 Å². The molecule has 82 valence electrons. The molecule has 3 nitrogen and oxygen atoms in total. The fourth-order valence-corrected chi connectivity index (χ4v) is 1.62. The highest BCUT2D eigenvalue weighted by Gasteiger charge is 2.38. The van der Waals surface area contributed by atoms with Gasteiger partial charge in [0, 0.05) is 20.2 Å². The van der Waals surface area contributed by atoms with Crippen LogP contribution in [0, 0.1) is 5.92 Å². The lowest BCUT2D eigenvalue weighted by atomic mass is 9.91. The van der Waals surface area contributed by atoms with Crippen molar-refractivity contribution in [3.8, 4) is 0 Å². The van der Waals surface area contributed by atoms with Crippen molar-refractivity contribution in [1.29, 1.82) is 0 Å². The molecule has 14 heavy (non-hydrogen) atoms. The minimum absolute atomic E-state index is 0.144. The van der Waals surface area contributed by atoms with Crippen molar-refractivity contribution in [1.82, 2.24) is 0 Å². The average molecular weight is 219 g/mol. The molecule has 1 heterocycles. The Labute approximate surface area is 91.8 Å². The summed E-state index contributed by atoms with van der Waals surface area (Å²) in [6.45, 7) is 4.26. The molecule has 0 unspecified atom stereocenters. The Morgan fingerprint density at radius 2 is 2.50 bits per heavy atom. The average Bonchev–Trinajstić information content (AvgIpc) is 2.58. The summed E-state index contributed by atoms with van der Waals surface area (Å²) in [5, 5.41) is 9.08. The number of hydrogen-bond donors (Lipinski definition) is 1. The van der Waals surface area contributed by atoms with Crippen LogP contribution in [-0.2, 0) is 9.47 Å². The van der Waals surface area contributed by atoms with Crippen LogP contribution in [0.5, 0.6) is 0 Å². The van der Waals surface area contributed by atoms with Crippen molar-refractivity contribution in [2.75, 3.05) is 13.2 Å². The molecular formula is C10H18O3S. The van der Waals surface area contributed by atoms with Gasteiger partial charge in [0.1, 0.15) is 12.2 Å². The van der Waals surface area contributed by atoms with Gasteiger partial charge in [0.25, 0.3) is 0 Å². The van der Waals surface area contributed by atoms with Crippen molar-refractivity contribution in [3.63, 3.8) is 0 Å². The SMILES string of the molecule is [2H][C@H](C)[C@]1(CC[C@@H](C)CO)COC(=S)O1. The molecule has 1 aliphatic heterocycles. The number of aliphatic hydroxyl groups excluding tert-OH is 1. The van der Waals surface area contributed by atoms with E-state index in [1.807, 2.05) is 6.92 Å². The molecule has 0 spiro atoms. The first-order valence-electron chi connectivity index (χ1n) is 5.47. The van der Waals surface area contributed by atoms with Gasteiger partial charge in [-0.1, -0.05) is 13.8 Å². The van der Waals surface area contributed by atoms with Crippen molar-refractivity contribution in [2.45, 2.75) is 38.7 Å². The maximum absolute atomic E-state index is 8.94. The molecule has 1 saturated heterocycles. The number of aliphatic hydroxyl groups is 1. The third-order valence-electron chi connectivity index (χ3n) is 2.62. The summed E-state index contributed by atoms with van der Waals surface area (Å²) in [6.07, 6.45) is 1.12. The Hall–Kier alpha value is -0.350. The van der Waals surface area contributed by atoms with Crippen molar-refractivity contribution >= 4 is 17.5 Å². The van der Waals surface area contributed by atoms with Gasteiger partial charge in [-0.25, -0.2) is 0 Å². The van der Waals surface area contributed by atoms with Crippen LogP contribution in [0.1, 0.15) is 34.5 Å². The van der Waals surface area contributed by atoms with Gasteiger partial charge in [-0.15, -0.1) is 0 Å². The van der Waals surface area contributed by atoms with Gasteiger partial charge < -0.3 is 14.6 Å². The van der Waals surface area contributed by atoms with E-state index in [2.05, 4.69) is 0 Å². The second kappa shape index (κ2) is 4.94. The Bertz CT molecular complexity index is 235. The van der Waals surface area contributed by atoms with Gasteiger partial charge in [-0.05, 0) is 25.2 Å². The van der Waals surface area contributed by atoms with Gasteiger partial charge >= 0.3 is 5.24 Å². The minimum atomic E-state index is -0.611. The van der Waals surface area contributed by atoms with Crippen LogP contribution < -0.4 is 0 Å². The van der Waals surface area contributed by atoms with E-state index in [4.69, 9.17) is 28.2 Å². The van der Waals surface area contributed by atoms with E-state index in [9.17, 15) is 0 Å². The largest absolute Gasteiger partial charge is 0.453 e. The zero-order valence-electron chi connectivity index (χ0n) is 9.66. The van der Waals surface area contributed by atoms with Crippen LogP contribution in [-0.4, -0.2) is 29.2 Å². The minimum Gasteiger partial charge on any atom is -0.453 e. The molecule has 1 aliphatic rings. The molecule has 0 bridgehead atoms. The maximum Gasteiger partial charge on any atom is 0.353 e. The summed E-state index contributed by atoms with van der Waals surface area (Å²) in [5.41, 5.74) is -0.611. The second-order valence-electron chi connectivity index (χ2n) is 3.82. The number of hydrogen-bond acceptors (Lipinski definition) is 4. The van der Waals surface area contributed by atoms with E-state index in [-0.39, 0.29) is 24.2 Å². The summed E-state index contributed by atoms with van der Waals surface area (Å²) < 4.78 is 18.4. The van der Waals surface area contributed by atoms with Crippen LogP contribution in [0.2, 0.25) is 0 Å². The molecule has 0 radical (unpaired) electrons. The Morgan fingerprint density at radius 1 is 1.79 bits per heavy atom. The molecular weight excluding hydrogens is 200 g/mol. The third kappa shape index (κ3) is 2.82. The lowest BCUT2D eigenvalue weighted by molar-refractivity contribution is 0.0628. The maximum atomic E-state index is 8.94. The molecule has 0 aromatic rings. The van der Waals surface area contributed by atoms with Gasteiger partial charge in [0.05, 0.1) is 0 Å². The van der Waals surface area contributed by atoms with E-state index in [0.29, 0.717) is 13.0 Å². The molecule has 0 amide bonds. The van der Waals surface area contributed by atoms with Crippen molar-refractivity contribution in [2.24, 2.45) is 5.92 Å². The number of ether oxygens (including phenoxy) is 2. The predicted molar refractivity (Wildman–Crippen MR) is 58.1 cm³/mol. The highest BCUT2D eigenvalue weighted by Crippen LogP contribution is 2.30. The molecule has 1 fully saturated rings. The summed E-state index contributed by atoms with van der Waals surface area (Å²) >= 11 is 4.82. The van der Waals surface area contributed by atoms with Gasteiger partial charge in [0.2, 0.25) is 0 Å². The topological polar surface area (TPSA) is 38.7 Å². The molecule has 0 aliphatic carbocycles. The zero-order chi connectivity index (χ0) is 11.5. The van der Waals surface area contributed by atoms with Crippen molar-refractivity contribution < 1.29 is 16.0 Å². The second-order valence-corrected chi connectivity index (χ2v) is 4.15. The molecule has 3 atom stereocenters. The monoisotopic (exact) mass is 219 g/mol. The van der Waals surface area contributed by atoms with E-state index < -0.39 is 5.60 Å². The first kappa shape index (κ1) is 10.2. The van der Waals surface area contributed by atoms with Gasteiger partial charge in [-0.3, -0.25) is 0 Å². The number of rotatable bonds is 5. The first-order chi connectivity index (χ1) is 7.00. The lowest BCUT2D eigenvalue weighted by Gasteiger charge is -2.24. The van der Waals surface area contributed by atoms with Crippen LogP contribution in [0.15, 0.2) is 0 Å². The van der Waals surface area contributed by atoms with Crippen LogP contribution in [0.25, 0.3) is 0 Å². The molecule has 4 heteroatoms. The molecule has 1 rings (SSSR count). The molecule has 0 saturated carbocycles. The summed E-state index contributed by atoms with van der Waals surface area (Å²) in [6, 6.07) is 0. The van der Waals surface area contributed by atoms with E-state index in [0.717, 1.165) is 6.42 Å². The Morgan fingerprint density at radius 3 is 2.93 bits per heavy atom. The highest BCUT2D eigenvalue weighted by atomic mass is 32.1. The van der Waals surface area contributed by atoms with E-state index in [1.54, 1.807) is 6.92 Å². The van der Waals surface area contributed by atoms with Crippen molar-refractivity contribution in [3.05, 3.63) is 0 Å². The summed E-state index contributed by atoms with van der Waals surface area (Å²) in [7, 11) is 0. The highest BCUT2D eigenvalue weighted by molar-refractivity contribution is 7.79. The van der Waals surface area contributed by atoms with Crippen LogP contribution in [0.4, 0.5) is 0 Å². The zero-order valence-corrected chi connectivity index (χ0v) is 9.47. The lowest BCUT2D eigenvalue weighted by Crippen LogP contribution is -2.31. The summed E-state index contributed by atoms with van der Waals surface area (Å²) in [5.74, 6) is 0.221. The Kier molecular flexibility index (Phi) is 3.59. The quantitative estimate of drug-likeness (QED) is 0.717. The predicted octanol–water partition coefficient (Wildman–Crippen LogP) is 1.88.